The van der Waals surface area contributed by atoms with Crippen molar-refractivity contribution in [3.8, 4) is 0 Å². The molecule has 0 aromatic rings. The Bertz CT molecular complexity index is 285. The van der Waals surface area contributed by atoms with Crippen LogP contribution in [0.2, 0.25) is 0 Å². The number of hydrogen-bond acceptors (Lipinski definition) is 4. The highest BCUT2D eigenvalue weighted by Gasteiger charge is 2.26. The Morgan fingerprint density at radius 3 is 1.35 bits per heavy atom. The molecule has 4 nitrogen and oxygen atoms in total. The summed E-state index contributed by atoms with van der Waals surface area (Å²) >= 11 is 9.95. The maximum atomic E-state index is 11.4. The molecule has 0 aromatic carbocycles. The second-order valence-electron chi connectivity index (χ2n) is 6.01. The molecule has 0 bridgehead atoms. The van der Waals surface area contributed by atoms with E-state index in [-0.39, 0.29) is 6.61 Å². The van der Waals surface area contributed by atoms with E-state index in [1.165, 1.54) is 70.6 Å². The summed E-state index contributed by atoms with van der Waals surface area (Å²) in [5.74, 6) is 0. The van der Waals surface area contributed by atoms with Crippen LogP contribution < -0.4 is 0 Å². The molecule has 0 atom stereocenters. The first-order valence-electron chi connectivity index (χ1n) is 9.03. The predicted octanol–water partition coefficient (Wildman–Crippen LogP) is 7.93. The minimum atomic E-state index is -3.74. The van der Waals surface area contributed by atoms with E-state index in [4.69, 9.17) is 28.3 Å². The molecule has 0 amide bonds. The van der Waals surface area contributed by atoms with E-state index in [0.717, 1.165) is 19.3 Å². The minimum absolute atomic E-state index is 0.273. The van der Waals surface area contributed by atoms with Crippen LogP contribution in [0.1, 0.15) is 96.8 Å². The van der Waals surface area contributed by atoms with E-state index in [0.29, 0.717) is 0 Å². The van der Waals surface area contributed by atoms with Crippen LogP contribution in [0.4, 0.5) is 0 Å². The molecule has 23 heavy (non-hydrogen) atoms. The molecule has 0 aliphatic heterocycles. The van der Waals surface area contributed by atoms with Crippen molar-refractivity contribution in [2.24, 2.45) is 0 Å². The van der Waals surface area contributed by atoms with Gasteiger partial charge in [0.15, 0.2) is 0 Å². The van der Waals surface area contributed by atoms with Crippen LogP contribution in [0.15, 0.2) is 0 Å². The van der Waals surface area contributed by atoms with Gasteiger partial charge in [0.1, 0.15) is 0 Å². The Morgan fingerprint density at radius 1 is 0.652 bits per heavy atom. The Hall–Kier alpha value is 0.690. The zero-order valence-corrected chi connectivity index (χ0v) is 16.8. The zero-order valence-electron chi connectivity index (χ0n) is 14.4. The summed E-state index contributed by atoms with van der Waals surface area (Å²) in [7, 11) is -3.74. The molecular weight excluding hydrogens is 358 g/mol. The first kappa shape index (κ1) is 23.7. The van der Waals surface area contributed by atoms with Crippen LogP contribution in [-0.2, 0) is 17.2 Å². The number of phosphoric acid groups is 1. The van der Waals surface area contributed by atoms with Gasteiger partial charge in [-0.25, -0.2) is 4.57 Å². The fourth-order valence-corrected chi connectivity index (χ4v) is 3.47. The molecule has 0 fully saturated rings. The van der Waals surface area contributed by atoms with Gasteiger partial charge in [-0.05, 0) is 6.42 Å². The highest BCUT2D eigenvalue weighted by molar-refractivity contribution is 7.50. The topological polar surface area (TPSA) is 44.8 Å². The van der Waals surface area contributed by atoms with Crippen molar-refractivity contribution in [1.29, 1.82) is 0 Å². The molecule has 0 aliphatic rings. The van der Waals surface area contributed by atoms with Gasteiger partial charge in [-0.2, -0.15) is 8.15 Å². The van der Waals surface area contributed by atoms with E-state index in [9.17, 15) is 4.57 Å². The van der Waals surface area contributed by atoms with E-state index in [1.54, 1.807) is 0 Å². The summed E-state index contributed by atoms with van der Waals surface area (Å²) < 4.78 is 24.4. The lowest BCUT2D eigenvalue weighted by Gasteiger charge is -2.09. The van der Waals surface area contributed by atoms with Crippen molar-refractivity contribution in [3.63, 3.8) is 0 Å². The minimum Gasteiger partial charge on any atom is -0.285 e. The quantitative estimate of drug-likeness (QED) is 0.176. The van der Waals surface area contributed by atoms with Gasteiger partial charge in [0.2, 0.25) is 0 Å². The molecule has 0 saturated heterocycles. The zero-order chi connectivity index (χ0) is 17.2. The summed E-state index contributed by atoms with van der Waals surface area (Å²) in [6.07, 6.45) is 17.9. The predicted molar refractivity (Wildman–Crippen MR) is 97.7 cm³/mol. The maximum Gasteiger partial charge on any atom is 0.507 e. The Labute approximate surface area is 152 Å². The number of halogens is 2. The molecular formula is C16H33Cl2O4P. The lowest BCUT2D eigenvalue weighted by molar-refractivity contribution is 0.214. The van der Waals surface area contributed by atoms with Crippen molar-refractivity contribution in [2.75, 3.05) is 6.61 Å². The fourth-order valence-electron chi connectivity index (χ4n) is 2.52. The van der Waals surface area contributed by atoms with E-state index < -0.39 is 7.82 Å². The van der Waals surface area contributed by atoms with Crippen LogP contribution in [0.5, 0.6) is 0 Å². The van der Waals surface area contributed by atoms with Gasteiger partial charge in [-0.3, -0.25) is 4.52 Å². The van der Waals surface area contributed by atoms with Gasteiger partial charge in [-0.15, -0.1) is 0 Å². The van der Waals surface area contributed by atoms with Crippen LogP contribution in [0.25, 0.3) is 0 Å². The first-order valence-corrected chi connectivity index (χ1v) is 11.1. The Morgan fingerprint density at radius 2 is 1.00 bits per heavy atom. The second kappa shape index (κ2) is 17.5. The molecule has 0 rings (SSSR count). The second-order valence-corrected chi connectivity index (χ2v) is 8.27. The van der Waals surface area contributed by atoms with Gasteiger partial charge in [0.25, 0.3) is 0 Å². The smallest absolute Gasteiger partial charge is 0.285 e. The summed E-state index contributed by atoms with van der Waals surface area (Å²) in [5, 5.41) is 0. The van der Waals surface area contributed by atoms with Crippen molar-refractivity contribution >= 4 is 31.6 Å². The van der Waals surface area contributed by atoms with E-state index in [1.807, 2.05) is 0 Å². The largest absolute Gasteiger partial charge is 0.507 e. The molecule has 0 spiro atoms. The average Bonchev–Trinajstić information content (AvgIpc) is 2.58. The molecule has 140 valence electrons. The van der Waals surface area contributed by atoms with Crippen LogP contribution >= 0.6 is 31.6 Å². The Kier molecular flexibility index (Phi) is 18.0. The van der Waals surface area contributed by atoms with Gasteiger partial charge in [0, 0.05) is 0 Å². The third-order valence-electron chi connectivity index (χ3n) is 3.92. The SMILES string of the molecule is CCCCCCCCCCCCCCCCOP(=O)(OCl)OCl. The lowest BCUT2D eigenvalue weighted by atomic mass is 10.0. The van der Waals surface area contributed by atoms with Gasteiger partial charge in [0.05, 0.1) is 30.3 Å². The highest BCUT2D eigenvalue weighted by atomic mass is 35.5. The summed E-state index contributed by atoms with van der Waals surface area (Å²) in [5.41, 5.74) is 0. The third kappa shape index (κ3) is 15.9. The molecule has 0 unspecified atom stereocenters. The summed E-state index contributed by atoms with van der Waals surface area (Å²) in [4.78, 5) is 0. The molecule has 7 heteroatoms. The summed E-state index contributed by atoms with van der Waals surface area (Å²) in [6, 6.07) is 0. The monoisotopic (exact) mass is 390 g/mol. The van der Waals surface area contributed by atoms with E-state index >= 15 is 0 Å². The third-order valence-corrected chi connectivity index (χ3v) is 5.77. The van der Waals surface area contributed by atoms with Crippen LogP contribution in [0.3, 0.4) is 0 Å². The average molecular weight is 391 g/mol. The molecule has 0 aromatic heterocycles. The first-order chi connectivity index (χ1) is 11.2. The molecule has 0 aliphatic carbocycles. The maximum absolute atomic E-state index is 11.4. The highest BCUT2D eigenvalue weighted by Crippen LogP contribution is 2.51. The lowest BCUT2D eigenvalue weighted by Crippen LogP contribution is -1.94. The van der Waals surface area contributed by atoms with Gasteiger partial charge < -0.3 is 0 Å². The van der Waals surface area contributed by atoms with Crippen LogP contribution in [-0.4, -0.2) is 6.61 Å². The molecule has 0 N–H and O–H groups in total. The van der Waals surface area contributed by atoms with Crippen molar-refractivity contribution in [3.05, 3.63) is 0 Å². The normalized spacial score (nSPS) is 12.0. The molecule has 0 radical (unpaired) electrons. The van der Waals surface area contributed by atoms with Crippen molar-refractivity contribution in [2.45, 2.75) is 96.8 Å². The molecule has 0 saturated carbocycles. The summed E-state index contributed by atoms with van der Waals surface area (Å²) in [6.45, 7) is 2.53. The van der Waals surface area contributed by atoms with Gasteiger partial charge >= 0.3 is 7.82 Å². The van der Waals surface area contributed by atoms with Gasteiger partial charge in [-0.1, -0.05) is 90.4 Å². The van der Waals surface area contributed by atoms with E-state index in [2.05, 4.69) is 15.1 Å². The van der Waals surface area contributed by atoms with Crippen molar-refractivity contribution in [1.82, 2.24) is 0 Å². The number of unbranched alkanes of at least 4 members (excludes halogenated alkanes) is 13. The van der Waals surface area contributed by atoms with Crippen molar-refractivity contribution < 1.29 is 17.2 Å². The Balaban J connectivity index is 3.15. The number of hydrogen-bond donors (Lipinski definition) is 0. The van der Waals surface area contributed by atoms with Crippen LogP contribution in [0, 0.1) is 0 Å². The number of rotatable bonds is 18. The molecule has 0 heterocycles. The standard InChI is InChI=1S/C16H33Cl2O4P/c1-2-3-4-5-6-7-8-9-10-11-12-13-14-15-16-20-23(19,21-17)22-18/h2-16H2,1H3. The fraction of sp³-hybridized carbons (Fsp3) is 1.00.